The lowest BCUT2D eigenvalue weighted by Gasteiger charge is -2.22. The van der Waals surface area contributed by atoms with Crippen molar-refractivity contribution in [1.82, 2.24) is 10.6 Å². The molecule has 0 bridgehead atoms. The summed E-state index contributed by atoms with van der Waals surface area (Å²) >= 11 is 0. The summed E-state index contributed by atoms with van der Waals surface area (Å²) in [6.07, 6.45) is -1.81. The minimum absolute atomic E-state index is 0.0696. The molecule has 9 heteroatoms. The number of ether oxygens (including phenoxy) is 3. The average molecular weight is 403 g/mol. The van der Waals surface area contributed by atoms with Crippen molar-refractivity contribution in [3.8, 4) is 5.75 Å². The summed E-state index contributed by atoms with van der Waals surface area (Å²) in [4.78, 5) is 4.35. The van der Waals surface area contributed by atoms with Gasteiger partial charge in [0, 0.05) is 38.5 Å². The Hall–Kier alpha value is -2.00. The van der Waals surface area contributed by atoms with Gasteiger partial charge in [-0.3, -0.25) is 0 Å². The van der Waals surface area contributed by atoms with Crippen molar-refractivity contribution < 1.29 is 27.4 Å². The number of para-hydroxylation sites is 1. The first-order chi connectivity index (χ1) is 13.5. The molecule has 1 heterocycles. The second-order valence-electron chi connectivity index (χ2n) is 6.31. The number of halogens is 3. The molecule has 1 aromatic rings. The van der Waals surface area contributed by atoms with Crippen molar-refractivity contribution in [2.45, 2.75) is 45.2 Å². The van der Waals surface area contributed by atoms with Crippen LogP contribution in [0.1, 0.15) is 31.7 Å². The number of hydrogen-bond acceptors (Lipinski definition) is 4. The fourth-order valence-electron chi connectivity index (χ4n) is 2.74. The van der Waals surface area contributed by atoms with Crippen LogP contribution < -0.4 is 15.4 Å². The maximum atomic E-state index is 12.5. The molecule has 2 rings (SSSR count). The molecule has 2 N–H and O–H groups in total. The van der Waals surface area contributed by atoms with Crippen molar-refractivity contribution in [3.05, 3.63) is 29.8 Å². The topological polar surface area (TPSA) is 64.1 Å². The summed E-state index contributed by atoms with van der Waals surface area (Å²) in [5.74, 6) is 0.301. The molecule has 1 aliphatic rings. The Morgan fingerprint density at radius 1 is 1.21 bits per heavy atom. The van der Waals surface area contributed by atoms with E-state index in [9.17, 15) is 13.2 Å². The third-order valence-corrected chi connectivity index (χ3v) is 4.09. The van der Waals surface area contributed by atoms with Gasteiger partial charge < -0.3 is 24.8 Å². The molecule has 1 saturated heterocycles. The fraction of sp³-hybridized carbons (Fsp3) is 0.632. The highest BCUT2D eigenvalue weighted by atomic mass is 19.4. The van der Waals surface area contributed by atoms with E-state index in [4.69, 9.17) is 9.47 Å². The Labute approximate surface area is 163 Å². The van der Waals surface area contributed by atoms with E-state index in [0.29, 0.717) is 31.2 Å². The molecular formula is C19H28F3N3O3. The number of guanidine groups is 1. The van der Waals surface area contributed by atoms with E-state index < -0.39 is 6.36 Å². The van der Waals surface area contributed by atoms with Gasteiger partial charge in [-0.25, -0.2) is 4.99 Å². The van der Waals surface area contributed by atoms with Gasteiger partial charge in [-0.2, -0.15) is 0 Å². The van der Waals surface area contributed by atoms with E-state index in [1.54, 1.807) is 12.1 Å². The molecule has 1 aliphatic heterocycles. The lowest BCUT2D eigenvalue weighted by molar-refractivity contribution is -0.274. The van der Waals surface area contributed by atoms with Gasteiger partial charge in [0.25, 0.3) is 0 Å². The molecular weight excluding hydrogens is 375 g/mol. The van der Waals surface area contributed by atoms with Gasteiger partial charge >= 0.3 is 6.36 Å². The summed E-state index contributed by atoms with van der Waals surface area (Å²) in [6.45, 7) is 5.42. The quantitative estimate of drug-likeness (QED) is 0.377. The van der Waals surface area contributed by atoms with Crippen molar-refractivity contribution in [2.24, 2.45) is 4.99 Å². The standard InChI is InChI=1S/C19H28F3N3O3/c1-2-23-18(24-10-5-11-27-16-8-12-26-13-9-16)25-14-15-6-3-4-7-17(15)28-19(20,21)22/h3-4,6-7,16H,2,5,8-14H2,1H3,(H2,23,24,25). The van der Waals surface area contributed by atoms with Crippen molar-refractivity contribution in [3.63, 3.8) is 0 Å². The maximum Gasteiger partial charge on any atom is 0.573 e. The lowest BCUT2D eigenvalue weighted by Crippen LogP contribution is -2.38. The molecule has 6 nitrogen and oxygen atoms in total. The van der Waals surface area contributed by atoms with Crippen LogP contribution in [0, 0.1) is 0 Å². The van der Waals surface area contributed by atoms with Crippen LogP contribution in [0.2, 0.25) is 0 Å². The van der Waals surface area contributed by atoms with Crippen LogP contribution in [0.3, 0.4) is 0 Å². The van der Waals surface area contributed by atoms with Crippen LogP contribution in [-0.2, 0) is 16.0 Å². The number of rotatable bonds is 9. The summed E-state index contributed by atoms with van der Waals surface area (Å²) < 4.78 is 52.7. The molecule has 1 aromatic carbocycles. The SMILES string of the molecule is CCNC(=NCc1ccccc1OC(F)(F)F)NCCCOC1CCOCC1. The number of nitrogens with one attached hydrogen (secondary N) is 2. The smallest absolute Gasteiger partial charge is 0.405 e. The maximum absolute atomic E-state index is 12.5. The van der Waals surface area contributed by atoms with Gasteiger partial charge in [-0.05, 0) is 32.3 Å². The van der Waals surface area contributed by atoms with Gasteiger partial charge in [-0.15, -0.1) is 13.2 Å². The number of nitrogens with zero attached hydrogens (tertiary/aromatic N) is 1. The van der Waals surface area contributed by atoms with Crippen LogP contribution in [0.5, 0.6) is 5.75 Å². The third-order valence-electron chi connectivity index (χ3n) is 4.09. The Bertz CT molecular complexity index is 606. The van der Waals surface area contributed by atoms with E-state index in [2.05, 4.69) is 20.4 Å². The molecule has 0 spiro atoms. The first-order valence-corrected chi connectivity index (χ1v) is 9.53. The summed E-state index contributed by atoms with van der Waals surface area (Å²) in [6, 6.07) is 6.00. The van der Waals surface area contributed by atoms with Gasteiger partial charge in [0.1, 0.15) is 5.75 Å². The average Bonchev–Trinajstić information content (AvgIpc) is 2.66. The van der Waals surface area contributed by atoms with Crippen LogP contribution in [-0.4, -0.2) is 51.3 Å². The largest absolute Gasteiger partial charge is 0.573 e. The Balaban J connectivity index is 1.80. The Morgan fingerprint density at radius 2 is 1.96 bits per heavy atom. The van der Waals surface area contributed by atoms with Gasteiger partial charge in [-0.1, -0.05) is 18.2 Å². The van der Waals surface area contributed by atoms with Gasteiger partial charge in [0.05, 0.1) is 12.6 Å². The molecule has 1 fully saturated rings. The molecule has 158 valence electrons. The van der Waals surface area contributed by atoms with E-state index in [1.807, 2.05) is 6.92 Å². The van der Waals surface area contributed by atoms with Crippen molar-refractivity contribution >= 4 is 5.96 Å². The normalized spacial score (nSPS) is 16.1. The monoisotopic (exact) mass is 403 g/mol. The van der Waals surface area contributed by atoms with E-state index in [-0.39, 0.29) is 18.4 Å². The Kier molecular flexibility index (Phi) is 9.36. The first-order valence-electron chi connectivity index (χ1n) is 9.53. The third kappa shape index (κ3) is 8.79. The first kappa shape index (κ1) is 22.3. The summed E-state index contributed by atoms with van der Waals surface area (Å²) in [5, 5.41) is 6.25. The molecule has 0 radical (unpaired) electrons. The van der Waals surface area contributed by atoms with Crippen molar-refractivity contribution in [2.75, 3.05) is 32.9 Å². The summed E-state index contributed by atoms with van der Waals surface area (Å²) in [5.41, 5.74) is 0.361. The second kappa shape index (κ2) is 11.8. The fourth-order valence-corrected chi connectivity index (χ4v) is 2.74. The predicted octanol–water partition coefficient (Wildman–Crippen LogP) is 3.23. The zero-order valence-corrected chi connectivity index (χ0v) is 16.1. The number of benzene rings is 1. The van der Waals surface area contributed by atoms with Crippen LogP contribution in [0.25, 0.3) is 0 Å². The van der Waals surface area contributed by atoms with E-state index in [0.717, 1.165) is 32.5 Å². The van der Waals surface area contributed by atoms with Crippen LogP contribution in [0.4, 0.5) is 13.2 Å². The number of hydrogen-bond donors (Lipinski definition) is 2. The number of aliphatic imine (C=N–C) groups is 1. The zero-order valence-electron chi connectivity index (χ0n) is 16.1. The van der Waals surface area contributed by atoms with Gasteiger partial charge in [0.15, 0.2) is 5.96 Å². The zero-order chi connectivity index (χ0) is 20.2. The molecule has 0 saturated carbocycles. The molecule has 0 atom stereocenters. The molecule has 0 unspecified atom stereocenters. The highest BCUT2D eigenvalue weighted by molar-refractivity contribution is 5.79. The predicted molar refractivity (Wildman–Crippen MR) is 100 cm³/mol. The minimum Gasteiger partial charge on any atom is -0.405 e. The van der Waals surface area contributed by atoms with Gasteiger partial charge in [0.2, 0.25) is 0 Å². The Morgan fingerprint density at radius 3 is 2.68 bits per heavy atom. The van der Waals surface area contributed by atoms with E-state index >= 15 is 0 Å². The molecule has 0 amide bonds. The molecule has 0 aliphatic carbocycles. The van der Waals surface area contributed by atoms with E-state index in [1.165, 1.54) is 12.1 Å². The minimum atomic E-state index is -4.73. The summed E-state index contributed by atoms with van der Waals surface area (Å²) in [7, 11) is 0. The second-order valence-corrected chi connectivity index (χ2v) is 6.31. The number of alkyl halides is 3. The lowest BCUT2D eigenvalue weighted by atomic mass is 10.1. The van der Waals surface area contributed by atoms with Crippen molar-refractivity contribution in [1.29, 1.82) is 0 Å². The van der Waals surface area contributed by atoms with Crippen LogP contribution in [0.15, 0.2) is 29.3 Å². The highest BCUT2D eigenvalue weighted by Crippen LogP contribution is 2.26. The molecule has 28 heavy (non-hydrogen) atoms. The highest BCUT2D eigenvalue weighted by Gasteiger charge is 2.31. The molecule has 0 aromatic heterocycles. The van der Waals surface area contributed by atoms with Crippen LogP contribution >= 0.6 is 0 Å².